The first-order valence-electron chi connectivity index (χ1n) is 5.55. The van der Waals surface area contributed by atoms with Crippen molar-refractivity contribution >= 4 is 0 Å². The first kappa shape index (κ1) is 13.2. The summed E-state index contributed by atoms with van der Waals surface area (Å²) in [5.74, 6) is 0. The van der Waals surface area contributed by atoms with Crippen LogP contribution in [0.2, 0.25) is 0 Å². The predicted molar refractivity (Wildman–Crippen MR) is 65.2 cm³/mol. The minimum Gasteiger partial charge on any atom is -0.392 e. The van der Waals surface area contributed by atoms with Gasteiger partial charge in [0.15, 0.2) is 0 Å². The van der Waals surface area contributed by atoms with E-state index in [1.54, 1.807) is 7.11 Å². The van der Waals surface area contributed by atoms with E-state index in [0.29, 0.717) is 6.04 Å². The largest absolute Gasteiger partial charge is 0.392 e. The molecule has 3 heteroatoms. The third-order valence-electron chi connectivity index (χ3n) is 2.80. The van der Waals surface area contributed by atoms with Crippen molar-refractivity contribution in [2.45, 2.75) is 26.1 Å². The molecule has 0 aliphatic heterocycles. The number of benzene rings is 1. The summed E-state index contributed by atoms with van der Waals surface area (Å²) in [4.78, 5) is 2.25. The van der Waals surface area contributed by atoms with Crippen LogP contribution >= 0.6 is 0 Å². The number of aliphatic hydroxyl groups excluding tert-OH is 1. The van der Waals surface area contributed by atoms with E-state index in [1.807, 2.05) is 12.1 Å². The molecule has 0 fully saturated rings. The molecule has 16 heavy (non-hydrogen) atoms. The van der Waals surface area contributed by atoms with Crippen molar-refractivity contribution < 1.29 is 9.84 Å². The van der Waals surface area contributed by atoms with Crippen LogP contribution in [0.4, 0.5) is 0 Å². The topological polar surface area (TPSA) is 32.7 Å². The van der Waals surface area contributed by atoms with E-state index < -0.39 is 0 Å². The molecule has 0 radical (unpaired) electrons. The van der Waals surface area contributed by atoms with Crippen LogP contribution in [-0.4, -0.2) is 36.8 Å². The van der Waals surface area contributed by atoms with Crippen molar-refractivity contribution in [1.82, 2.24) is 4.90 Å². The fourth-order valence-corrected chi connectivity index (χ4v) is 1.56. The van der Waals surface area contributed by atoms with Gasteiger partial charge in [-0.15, -0.1) is 0 Å². The fraction of sp³-hybridized carbons (Fsp3) is 0.538. The summed E-state index contributed by atoms with van der Waals surface area (Å²) in [6.45, 7) is 3.89. The third-order valence-corrected chi connectivity index (χ3v) is 2.80. The van der Waals surface area contributed by atoms with Crippen LogP contribution in [0.5, 0.6) is 0 Å². The lowest BCUT2D eigenvalue weighted by Gasteiger charge is -2.24. The lowest BCUT2D eigenvalue weighted by atomic mass is 10.1. The highest BCUT2D eigenvalue weighted by Gasteiger charge is 2.08. The van der Waals surface area contributed by atoms with Crippen LogP contribution in [0, 0.1) is 0 Å². The highest BCUT2D eigenvalue weighted by Crippen LogP contribution is 2.08. The molecular formula is C13H21NO2. The lowest BCUT2D eigenvalue weighted by molar-refractivity contribution is 0.112. The van der Waals surface area contributed by atoms with E-state index in [9.17, 15) is 0 Å². The number of ether oxygens (including phenoxy) is 1. The molecule has 0 bridgehead atoms. The van der Waals surface area contributed by atoms with Crippen molar-refractivity contribution in [2.24, 2.45) is 0 Å². The van der Waals surface area contributed by atoms with Gasteiger partial charge in [0.05, 0.1) is 13.2 Å². The number of hydrogen-bond acceptors (Lipinski definition) is 3. The quantitative estimate of drug-likeness (QED) is 0.796. The second-order valence-corrected chi connectivity index (χ2v) is 4.19. The van der Waals surface area contributed by atoms with Crippen molar-refractivity contribution in [2.75, 3.05) is 20.8 Å². The number of nitrogens with zero attached hydrogens (tertiary/aromatic N) is 1. The molecule has 0 spiro atoms. The molecule has 0 saturated heterocycles. The highest BCUT2D eigenvalue weighted by molar-refractivity contribution is 5.21. The van der Waals surface area contributed by atoms with Gasteiger partial charge in [-0.2, -0.15) is 0 Å². The Balaban J connectivity index is 2.52. The predicted octanol–water partition coefficient (Wildman–Crippen LogP) is 1.65. The molecule has 1 atom stereocenters. The van der Waals surface area contributed by atoms with E-state index in [2.05, 4.69) is 31.0 Å². The molecule has 1 N–H and O–H groups in total. The molecule has 1 rings (SSSR count). The summed E-state index contributed by atoms with van der Waals surface area (Å²) in [6.07, 6.45) is 0. The highest BCUT2D eigenvalue weighted by atomic mass is 16.5. The molecule has 0 saturated carbocycles. The van der Waals surface area contributed by atoms with Crippen molar-refractivity contribution in [3.63, 3.8) is 0 Å². The zero-order chi connectivity index (χ0) is 12.0. The van der Waals surface area contributed by atoms with Gasteiger partial charge in [0.25, 0.3) is 0 Å². The molecule has 0 aliphatic rings. The van der Waals surface area contributed by atoms with Gasteiger partial charge in [-0.25, -0.2) is 0 Å². The number of aliphatic hydroxyl groups is 1. The SMILES string of the molecule is COCC(C)N(C)Cc1ccc(CO)cc1. The van der Waals surface area contributed by atoms with Gasteiger partial charge in [0, 0.05) is 19.7 Å². The maximum absolute atomic E-state index is 8.94. The van der Waals surface area contributed by atoms with Crippen LogP contribution in [0.25, 0.3) is 0 Å². The van der Waals surface area contributed by atoms with E-state index in [0.717, 1.165) is 18.7 Å². The fourth-order valence-electron chi connectivity index (χ4n) is 1.56. The molecule has 1 unspecified atom stereocenters. The monoisotopic (exact) mass is 223 g/mol. The van der Waals surface area contributed by atoms with Crippen LogP contribution in [-0.2, 0) is 17.9 Å². The summed E-state index contributed by atoms with van der Waals surface area (Å²) < 4.78 is 5.12. The molecule has 0 aromatic heterocycles. The second-order valence-electron chi connectivity index (χ2n) is 4.19. The summed E-state index contributed by atoms with van der Waals surface area (Å²) >= 11 is 0. The van der Waals surface area contributed by atoms with Gasteiger partial charge in [-0.3, -0.25) is 4.90 Å². The Kier molecular flexibility index (Phi) is 5.46. The summed E-state index contributed by atoms with van der Waals surface area (Å²) in [5, 5.41) is 8.94. The third kappa shape index (κ3) is 3.93. The molecule has 1 aromatic carbocycles. The number of methoxy groups -OCH3 is 1. The van der Waals surface area contributed by atoms with Crippen LogP contribution in [0.15, 0.2) is 24.3 Å². The average Bonchev–Trinajstić information content (AvgIpc) is 2.30. The lowest BCUT2D eigenvalue weighted by Crippen LogP contribution is -2.32. The minimum absolute atomic E-state index is 0.107. The Morgan fingerprint density at radius 2 is 1.81 bits per heavy atom. The molecule has 0 heterocycles. The van der Waals surface area contributed by atoms with E-state index in [-0.39, 0.29) is 6.61 Å². The maximum Gasteiger partial charge on any atom is 0.0681 e. The zero-order valence-electron chi connectivity index (χ0n) is 10.3. The normalized spacial score (nSPS) is 13.1. The second kappa shape index (κ2) is 6.63. The number of likely N-dealkylation sites (N-methyl/N-ethyl adjacent to an activating group) is 1. The number of hydrogen-bond donors (Lipinski definition) is 1. The Morgan fingerprint density at radius 1 is 1.25 bits per heavy atom. The van der Waals surface area contributed by atoms with E-state index >= 15 is 0 Å². The smallest absolute Gasteiger partial charge is 0.0681 e. The van der Waals surface area contributed by atoms with Gasteiger partial charge < -0.3 is 9.84 Å². The van der Waals surface area contributed by atoms with Gasteiger partial charge in [-0.1, -0.05) is 24.3 Å². The van der Waals surface area contributed by atoms with Crippen molar-refractivity contribution in [3.8, 4) is 0 Å². The number of rotatable bonds is 6. The van der Waals surface area contributed by atoms with Gasteiger partial charge >= 0.3 is 0 Å². The van der Waals surface area contributed by atoms with Crippen LogP contribution in [0.1, 0.15) is 18.1 Å². The molecule has 1 aromatic rings. The average molecular weight is 223 g/mol. The molecule has 90 valence electrons. The Morgan fingerprint density at radius 3 is 2.31 bits per heavy atom. The summed E-state index contributed by atoms with van der Waals surface area (Å²) in [5.41, 5.74) is 2.21. The minimum atomic E-state index is 0.107. The van der Waals surface area contributed by atoms with Gasteiger partial charge in [0.1, 0.15) is 0 Å². The van der Waals surface area contributed by atoms with Gasteiger partial charge in [-0.05, 0) is 25.1 Å². The van der Waals surface area contributed by atoms with E-state index in [1.165, 1.54) is 5.56 Å². The maximum atomic E-state index is 8.94. The summed E-state index contributed by atoms with van der Waals surface area (Å²) in [7, 11) is 3.81. The van der Waals surface area contributed by atoms with Crippen molar-refractivity contribution in [1.29, 1.82) is 0 Å². The molecule has 3 nitrogen and oxygen atoms in total. The van der Waals surface area contributed by atoms with Crippen LogP contribution < -0.4 is 0 Å². The van der Waals surface area contributed by atoms with Crippen molar-refractivity contribution in [3.05, 3.63) is 35.4 Å². The Bertz CT molecular complexity index is 297. The molecule has 0 aliphatic carbocycles. The molecular weight excluding hydrogens is 202 g/mol. The summed E-state index contributed by atoms with van der Waals surface area (Å²) in [6, 6.07) is 8.44. The zero-order valence-corrected chi connectivity index (χ0v) is 10.3. The standard InChI is InChI=1S/C13H21NO2/c1-11(10-16-3)14(2)8-12-4-6-13(9-15)7-5-12/h4-7,11,15H,8-10H2,1-3H3. The van der Waals surface area contributed by atoms with E-state index in [4.69, 9.17) is 9.84 Å². The molecule has 0 amide bonds. The Labute approximate surface area is 97.7 Å². The first-order valence-corrected chi connectivity index (χ1v) is 5.55. The first-order chi connectivity index (χ1) is 7.67. The van der Waals surface area contributed by atoms with Gasteiger partial charge in [0.2, 0.25) is 0 Å². The van der Waals surface area contributed by atoms with Crippen LogP contribution in [0.3, 0.4) is 0 Å². The Hall–Kier alpha value is -0.900.